The zero-order chi connectivity index (χ0) is 19.9. The summed E-state index contributed by atoms with van der Waals surface area (Å²) >= 11 is 2.28. The van der Waals surface area contributed by atoms with Gasteiger partial charge in [-0.25, -0.2) is 4.98 Å². The van der Waals surface area contributed by atoms with Gasteiger partial charge in [0.05, 0.1) is 19.4 Å². The highest BCUT2D eigenvalue weighted by Crippen LogP contribution is 2.28. The Bertz CT molecular complexity index is 825. The van der Waals surface area contributed by atoms with Gasteiger partial charge in [0.1, 0.15) is 5.82 Å². The summed E-state index contributed by atoms with van der Waals surface area (Å²) in [6.07, 6.45) is 2.31. The van der Waals surface area contributed by atoms with E-state index in [9.17, 15) is 4.79 Å². The number of anilines is 2. The monoisotopic (exact) mass is 511 g/mol. The van der Waals surface area contributed by atoms with Crippen LogP contribution < -0.4 is 9.99 Å². The van der Waals surface area contributed by atoms with Gasteiger partial charge in [0.15, 0.2) is 0 Å². The number of piperazine rings is 1. The zero-order valence-electron chi connectivity index (χ0n) is 15.6. The lowest BCUT2D eigenvalue weighted by Gasteiger charge is -2.34. The van der Waals surface area contributed by atoms with E-state index in [2.05, 4.69) is 41.9 Å². The Labute approximate surface area is 179 Å². The number of hydrogen-bond donors (Lipinski definition) is 2. The van der Waals surface area contributed by atoms with E-state index in [1.54, 1.807) is 6.20 Å². The molecule has 7 nitrogen and oxygen atoms in total. The standard InChI is InChI=1S/C19H23IN5O2P/c1-27-18(26)13-24-8-10-25(11-9-24)17-7-6-14(12-22-17)19(21)15-4-2-3-5-16(15)23-28-20/h2-7,12,21,23,28H,8-11,13H2,1H3. The number of halogens is 1. The predicted octanol–water partition coefficient (Wildman–Crippen LogP) is 3.15. The number of carbonyl (C=O) groups excluding carboxylic acids is 1. The number of pyridine rings is 1. The molecule has 2 N–H and O–H groups in total. The quantitative estimate of drug-likeness (QED) is 0.258. The Hall–Kier alpha value is -1.77. The van der Waals surface area contributed by atoms with E-state index < -0.39 is 0 Å². The molecule has 2 heterocycles. The van der Waals surface area contributed by atoms with Crippen molar-refractivity contribution in [3.8, 4) is 0 Å². The van der Waals surface area contributed by atoms with Gasteiger partial charge in [0, 0.05) is 55.6 Å². The first-order valence-electron chi connectivity index (χ1n) is 8.92. The molecule has 1 unspecified atom stereocenters. The number of hydrogen-bond acceptors (Lipinski definition) is 7. The fourth-order valence-electron chi connectivity index (χ4n) is 3.12. The SMILES string of the molecule is COC(=O)CN1CCN(c2ccc(C(=N)c3ccccc3NPI)cn2)CC1. The van der Waals surface area contributed by atoms with Crippen molar-refractivity contribution in [3.05, 3.63) is 53.7 Å². The third-order valence-corrected chi connectivity index (χ3v) is 5.86. The number of ether oxygens (including phenoxy) is 1. The number of nitrogens with one attached hydrogen (secondary N) is 2. The molecule has 0 spiro atoms. The van der Waals surface area contributed by atoms with Crippen LogP contribution in [0.15, 0.2) is 42.6 Å². The molecule has 0 radical (unpaired) electrons. The van der Waals surface area contributed by atoms with Crippen molar-refractivity contribution in [2.75, 3.05) is 49.8 Å². The maximum atomic E-state index is 11.4. The van der Waals surface area contributed by atoms with Gasteiger partial charge in [0.25, 0.3) is 0 Å². The summed E-state index contributed by atoms with van der Waals surface area (Å²) < 4.78 is 4.73. The number of rotatable bonds is 7. The second-order valence-electron chi connectivity index (χ2n) is 6.38. The molecule has 1 aromatic heterocycles. The number of esters is 1. The Morgan fingerprint density at radius 3 is 2.64 bits per heavy atom. The minimum absolute atomic E-state index is 0.202. The van der Waals surface area contributed by atoms with E-state index in [1.165, 1.54) is 7.11 Å². The van der Waals surface area contributed by atoms with Crippen LogP contribution in [-0.4, -0.2) is 61.4 Å². The van der Waals surface area contributed by atoms with E-state index in [0.29, 0.717) is 18.6 Å². The molecule has 0 saturated carbocycles. The van der Waals surface area contributed by atoms with Crippen molar-refractivity contribution < 1.29 is 9.53 Å². The van der Waals surface area contributed by atoms with Crippen molar-refractivity contribution in [3.63, 3.8) is 0 Å². The highest BCUT2D eigenvalue weighted by atomic mass is 127. The Morgan fingerprint density at radius 1 is 1.25 bits per heavy atom. The van der Waals surface area contributed by atoms with E-state index in [1.807, 2.05) is 36.4 Å². The van der Waals surface area contributed by atoms with Gasteiger partial charge in [-0.15, -0.1) is 0 Å². The largest absolute Gasteiger partial charge is 0.468 e. The molecule has 1 aromatic carbocycles. The Morgan fingerprint density at radius 2 is 2.00 bits per heavy atom. The first-order chi connectivity index (χ1) is 13.6. The number of methoxy groups -OCH3 is 1. The van der Waals surface area contributed by atoms with E-state index >= 15 is 0 Å². The first kappa shape index (κ1) is 21.0. The van der Waals surface area contributed by atoms with Crippen LogP contribution in [0.3, 0.4) is 0 Å². The smallest absolute Gasteiger partial charge is 0.319 e. The van der Waals surface area contributed by atoms with Crippen LogP contribution in [0.25, 0.3) is 0 Å². The molecule has 3 rings (SSSR count). The summed E-state index contributed by atoms with van der Waals surface area (Å²) in [5, 5.41) is 11.9. The number of benzene rings is 1. The molecular weight excluding hydrogens is 488 g/mol. The average Bonchev–Trinajstić information content (AvgIpc) is 2.74. The number of carbonyl (C=O) groups is 1. The molecule has 0 bridgehead atoms. The third-order valence-electron chi connectivity index (χ3n) is 4.69. The molecule has 0 amide bonds. The summed E-state index contributed by atoms with van der Waals surface area (Å²) in [5.41, 5.74) is 3.09. The fourth-order valence-corrected chi connectivity index (χ4v) is 4.31. The van der Waals surface area contributed by atoms with Crippen LogP contribution in [0, 0.1) is 5.41 Å². The average molecular weight is 511 g/mol. The second kappa shape index (κ2) is 10.1. The number of para-hydroxylation sites is 1. The van der Waals surface area contributed by atoms with Gasteiger partial charge in [-0.2, -0.15) is 0 Å². The maximum Gasteiger partial charge on any atom is 0.319 e. The molecule has 0 aliphatic carbocycles. The molecule has 28 heavy (non-hydrogen) atoms. The third kappa shape index (κ3) is 5.18. The van der Waals surface area contributed by atoms with Crippen LogP contribution in [0.1, 0.15) is 11.1 Å². The molecule has 9 heteroatoms. The van der Waals surface area contributed by atoms with Crippen LogP contribution >= 0.6 is 28.4 Å². The van der Waals surface area contributed by atoms with Gasteiger partial charge in [-0.1, -0.05) is 18.2 Å². The molecule has 148 valence electrons. The van der Waals surface area contributed by atoms with E-state index in [4.69, 9.17) is 10.1 Å². The van der Waals surface area contributed by atoms with Gasteiger partial charge in [-0.3, -0.25) is 15.1 Å². The fraction of sp³-hybridized carbons (Fsp3) is 0.316. The summed E-state index contributed by atoms with van der Waals surface area (Å²) in [6.45, 7) is 3.54. The van der Waals surface area contributed by atoms with Gasteiger partial charge in [0.2, 0.25) is 0 Å². The molecule has 1 atom stereocenters. The number of nitrogens with zero attached hydrogens (tertiary/aromatic N) is 3. The van der Waals surface area contributed by atoms with Crippen molar-refractivity contribution >= 4 is 51.6 Å². The second-order valence-corrected chi connectivity index (χ2v) is 8.44. The predicted molar refractivity (Wildman–Crippen MR) is 123 cm³/mol. The van der Waals surface area contributed by atoms with Gasteiger partial charge < -0.3 is 14.7 Å². The van der Waals surface area contributed by atoms with Crippen molar-refractivity contribution in [1.29, 1.82) is 5.41 Å². The highest BCUT2D eigenvalue weighted by Gasteiger charge is 2.20. The summed E-state index contributed by atoms with van der Waals surface area (Å²) in [4.78, 5) is 20.3. The molecule has 2 aromatic rings. The van der Waals surface area contributed by atoms with Crippen molar-refractivity contribution in [1.82, 2.24) is 9.88 Å². The summed E-state index contributed by atoms with van der Waals surface area (Å²) in [7, 11) is 1.42. The lowest BCUT2D eigenvalue weighted by molar-refractivity contribution is -0.142. The van der Waals surface area contributed by atoms with Crippen molar-refractivity contribution in [2.45, 2.75) is 0 Å². The first-order valence-corrected chi connectivity index (χ1v) is 13.0. The maximum absolute atomic E-state index is 11.4. The topological polar surface area (TPSA) is 81.5 Å². The lowest BCUT2D eigenvalue weighted by Crippen LogP contribution is -2.48. The minimum Gasteiger partial charge on any atom is -0.468 e. The molecular formula is C19H23IN5O2P. The van der Waals surface area contributed by atoms with Crippen molar-refractivity contribution in [2.24, 2.45) is 0 Å². The lowest BCUT2D eigenvalue weighted by atomic mass is 10.0. The van der Waals surface area contributed by atoms with E-state index in [0.717, 1.165) is 48.8 Å². The van der Waals surface area contributed by atoms with Crippen LogP contribution in [-0.2, 0) is 9.53 Å². The minimum atomic E-state index is -0.202. The molecule has 1 aliphatic rings. The van der Waals surface area contributed by atoms with Crippen LogP contribution in [0.5, 0.6) is 0 Å². The summed E-state index contributed by atoms with van der Waals surface area (Å²) in [5.74, 6) is 0.696. The molecule has 1 saturated heterocycles. The van der Waals surface area contributed by atoms with Gasteiger partial charge in [-0.05, 0) is 40.2 Å². The van der Waals surface area contributed by atoms with Gasteiger partial charge >= 0.3 is 5.97 Å². The molecule has 1 fully saturated rings. The Kier molecular flexibility index (Phi) is 7.58. The van der Waals surface area contributed by atoms with Crippen LogP contribution in [0.4, 0.5) is 11.5 Å². The van der Waals surface area contributed by atoms with E-state index in [-0.39, 0.29) is 5.97 Å². The summed E-state index contributed by atoms with van der Waals surface area (Å²) in [6, 6.07) is 11.8. The normalized spacial score (nSPS) is 15.0. The number of aromatic nitrogens is 1. The Balaban J connectivity index is 1.64. The van der Waals surface area contributed by atoms with Crippen LogP contribution in [0.2, 0.25) is 0 Å². The zero-order valence-corrected chi connectivity index (χ0v) is 18.8. The molecule has 1 aliphatic heterocycles. The highest BCUT2D eigenvalue weighted by molar-refractivity contribution is 14.2.